The summed E-state index contributed by atoms with van der Waals surface area (Å²) in [6, 6.07) is 8.49. The molecule has 1 heteroatoms. The molecule has 0 bridgehead atoms. The Morgan fingerprint density at radius 1 is 1.07 bits per heavy atom. The number of benzene rings is 1. The van der Waals surface area contributed by atoms with Crippen molar-refractivity contribution in [2.24, 2.45) is 0 Å². The normalized spacial score (nSPS) is 10.1. The van der Waals surface area contributed by atoms with Gasteiger partial charge in [-0.05, 0) is 36.8 Å². The third-order valence-electron chi connectivity index (χ3n) is 2.30. The van der Waals surface area contributed by atoms with Crippen LogP contribution in [0.5, 0.6) is 0 Å². The van der Waals surface area contributed by atoms with Crippen LogP contribution in [0, 0.1) is 0 Å². The molecule has 1 aromatic carbocycles. The summed E-state index contributed by atoms with van der Waals surface area (Å²) in [6.45, 7) is 3.93. The fourth-order valence-electron chi connectivity index (χ4n) is 1.45. The lowest BCUT2D eigenvalue weighted by atomic mass is 10.1. The van der Waals surface area contributed by atoms with E-state index in [1.165, 1.54) is 17.5 Å². The van der Waals surface area contributed by atoms with Gasteiger partial charge < -0.3 is 5.11 Å². The van der Waals surface area contributed by atoms with Gasteiger partial charge in [0.2, 0.25) is 0 Å². The molecule has 0 saturated heterocycles. The van der Waals surface area contributed by atoms with Crippen LogP contribution < -0.4 is 0 Å². The molecule has 1 nitrogen and oxygen atoms in total. The number of hydrogen-bond donors (Lipinski definition) is 1. The van der Waals surface area contributed by atoms with Gasteiger partial charge in [0.1, 0.15) is 0 Å². The van der Waals surface area contributed by atoms with Gasteiger partial charge in [0.15, 0.2) is 0 Å². The molecule has 0 aliphatic carbocycles. The molecule has 1 aromatic rings. The van der Waals surface area contributed by atoms with Crippen LogP contribution in [0.25, 0.3) is 0 Å². The highest BCUT2D eigenvalue weighted by Crippen LogP contribution is 2.08. The summed E-state index contributed by atoms with van der Waals surface area (Å²) in [7, 11) is 0. The van der Waals surface area contributed by atoms with Crippen molar-refractivity contribution >= 4 is 0 Å². The van der Waals surface area contributed by atoms with E-state index in [9.17, 15) is 0 Å². The Balaban J connectivity index is 2.42. The molecule has 0 saturated carbocycles. The summed E-state index contributed by atoms with van der Waals surface area (Å²) < 4.78 is 0. The molecule has 14 heavy (non-hydrogen) atoms. The van der Waals surface area contributed by atoms with Gasteiger partial charge in [-0.1, -0.05) is 30.3 Å². The van der Waals surface area contributed by atoms with E-state index in [2.05, 4.69) is 30.8 Å². The molecule has 0 aliphatic rings. The molecule has 0 unspecified atom stereocenters. The van der Waals surface area contributed by atoms with E-state index < -0.39 is 0 Å². The fourth-order valence-corrected chi connectivity index (χ4v) is 1.45. The third-order valence-corrected chi connectivity index (χ3v) is 2.30. The van der Waals surface area contributed by atoms with Crippen LogP contribution in [-0.4, -0.2) is 11.7 Å². The number of aryl methyl sites for hydroxylation is 1. The summed E-state index contributed by atoms with van der Waals surface area (Å²) in [4.78, 5) is 0. The van der Waals surface area contributed by atoms with Crippen molar-refractivity contribution in [3.05, 3.63) is 48.0 Å². The Labute approximate surface area is 86.1 Å². The second-order valence-corrected chi connectivity index (χ2v) is 3.47. The Bertz CT molecular complexity index is 261. The highest BCUT2D eigenvalue weighted by Gasteiger charge is 1.94. The molecule has 0 radical (unpaired) electrons. The number of unbranched alkanes of at least 4 members (excludes halogenated alkanes) is 1. The first-order valence-corrected chi connectivity index (χ1v) is 5.16. The molecule has 1 N–H and O–H groups in total. The highest BCUT2D eigenvalue weighted by molar-refractivity contribution is 5.22. The Hall–Kier alpha value is -1.08. The topological polar surface area (TPSA) is 20.2 Å². The average Bonchev–Trinajstić information content (AvgIpc) is 2.21. The standard InChI is InChI=1S/C13H18O/c1-2-3-4-5-12-6-8-13(9-7-12)10-11-14/h2,6-9,14H,1,3-5,10-11H2. The monoisotopic (exact) mass is 190 g/mol. The summed E-state index contributed by atoms with van der Waals surface area (Å²) in [6.07, 6.45) is 6.08. The summed E-state index contributed by atoms with van der Waals surface area (Å²) in [5.41, 5.74) is 2.58. The van der Waals surface area contributed by atoms with E-state index in [-0.39, 0.29) is 6.61 Å². The van der Waals surface area contributed by atoms with Crippen LogP contribution >= 0.6 is 0 Å². The predicted octanol–water partition coefficient (Wildman–Crippen LogP) is 2.73. The second kappa shape index (κ2) is 6.39. The van der Waals surface area contributed by atoms with Crippen molar-refractivity contribution in [1.29, 1.82) is 0 Å². The van der Waals surface area contributed by atoms with Crippen LogP contribution in [0.4, 0.5) is 0 Å². The largest absolute Gasteiger partial charge is 0.396 e. The maximum atomic E-state index is 8.75. The first-order valence-electron chi connectivity index (χ1n) is 5.16. The van der Waals surface area contributed by atoms with Gasteiger partial charge in [-0.25, -0.2) is 0 Å². The quantitative estimate of drug-likeness (QED) is 0.540. The molecule has 0 heterocycles. The van der Waals surface area contributed by atoms with E-state index >= 15 is 0 Å². The van der Waals surface area contributed by atoms with E-state index in [0.717, 1.165) is 19.3 Å². The van der Waals surface area contributed by atoms with Gasteiger partial charge in [-0.3, -0.25) is 0 Å². The number of aliphatic hydroxyl groups is 1. The van der Waals surface area contributed by atoms with Crippen molar-refractivity contribution in [3.8, 4) is 0 Å². The van der Waals surface area contributed by atoms with Gasteiger partial charge >= 0.3 is 0 Å². The predicted molar refractivity (Wildman–Crippen MR) is 60.4 cm³/mol. The van der Waals surface area contributed by atoms with Crippen molar-refractivity contribution in [2.75, 3.05) is 6.61 Å². The molecule has 0 spiro atoms. The van der Waals surface area contributed by atoms with Crippen molar-refractivity contribution in [2.45, 2.75) is 25.7 Å². The van der Waals surface area contributed by atoms with Gasteiger partial charge in [-0.15, -0.1) is 6.58 Å². The van der Waals surface area contributed by atoms with E-state index in [1.807, 2.05) is 6.08 Å². The van der Waals surface area contributed by atoms with Crippen molar-refractivity contribution in [3.63, 3.8) is 0 Å². The molecule has 0 fully saturated rings. The van der Waals surface area contributed by atoms with E-state index in [0.29, 0.717) is 0 Å². The molecular formula is C13H18O. The highest BCUT2D eigenvalue weighted by atomic mass is 16.2. The van der Waals surface area contributed by atoms with Crippen molar-refractivity contribution < 1.29 is 5.11 Å². The molecule has 76 valence electrons. The summed E-state index contributed by atoms with van der Waals surface area (Å²) in [5.74, 6) is 0. The zero-order chi connectivity index (χ0) is 10.2. The minimum absolute atomic E-state index is 0.232. The number of allylic oxidation sites excluding steroid dienone is 1. The maximum Gasteiger partial charge on any atom is 0.0471 e. The lowest BCUT2D eigenvalue weighted by Gasteiger charge is -2.02. The Kier molecular flexibility index (Phi) is 5.02. The second-order valence-electron chi connectivity index (χ2n) is 3.47. The lowest BCUT2D eigenvalue weighted by Crippen LogP contribution is -1.91. The fraction of sp³-hybridized carbons (Fsp3) is 0.385. The minimum atomic E-state index is 0.232. The van der Waals surface area contributed by atoms with Gasteiger partial charge in [-0.2, -0.15) is 0 Å². The number of aliphatic hydroxyl groups excluding tert-OH is 1. The Morgan fingerprint density at radius 3 is 2.14 bits per heavy atom. The molecule has 1 rings (SSSR count). The van der Waals surface area contributed by atoms with Crippen LogP contribution in [0.3, 0.4) is 0 Å². The molecule has 0 amide bonds. The zero-order valence-corrected chi connectivity index (χ0v) is 8.58. The molecule has 0 atom stereocenters. The van der Waals surface area contributed by atoms with Gasteiger partial charge in [0.05, 0.1) is 0 Å². The summed E-state index contributed by atoms with van der Waals surface area (Å²) >= 11 is 0. The van der Waals surface area contributed by atoms with Crippen LogP contribution in [0.2, 0.25) is 0 Å². The Morgan fingerprint density at radius 2 is 1.64 bits per heavy atom. The van der Waals surface area contributed by atoms with Gasteiger partial charge in [0.25, 0.3) is 0 Å². The first-order chi connectivity index (χ1) is 6.86. The smallest absolute Gasteiger partial charge is 0.0471 e. The molecular weight excluding hydrogens is 172 g/mol. The van der Waals surface area contributed by atoms with E-state index in [1.54, 1.807) is 0 Å². The van der Waals surface area contributed by atoms with Gasteiger partial charge in [0, 0.05) is 6.61 Å². The lowest BCUT2D eigenvalue weighted by molar-refractivity contribution is 0.299. The number of hydrogen-bond acceptors (Lipinski definition) is 1. The third kappa shape index (κ3) is 3.75. The zero-order valence-electron chi connectivity index (χ0n) is 8.58. The van der Waals surface area contributed by atoms with Crippen LogP contribution in [0.1, 0.15) is 24.0 Å². The maximum absolute atomic E-state index is 8.75. The SMILES string of the molecule is C=CCCCc1ccc(CCO)cc1. The van der Waals surface area contributed by atoms with Crippen LogP contribution in [-0.2, 0) is 12.8 Å². The first kappa shape index (κ1) is 11.0. The summed E-state index contributed by atoms with van der Waals surface area (Å²) in [5, 5.41) is 8.75. The number of rotatable bonds is 6. The van der Waals surface area contributed by atoms with E-state index in [4.69, 9.17) is 5.11 Å². The van der Waals surface area contributed by atoms with Crippen LogP contribution in [0.15, 0.2) is 36.9 Å². The molecule has 0 aromatic heterocycles. The average molecular weight is 190 g/mol. The minimum Gasteiger partial charge on any atom is -0.396 e. The van der Waals surface area contributed by atoms with Crippen molar-refractivity contribution in [1.82, 2.24) is 0 Å². The molecule has 0 aliphatic heterocycles.